The van der Waals surface area contributed by atoms with Crippen molar-refractivity contribution in [3.63, 3.8) is 0 Å². The number of rotatable bonds is 4. The van der Waals surface area contributed by atoms with Gasteiger partial charge >= 0.3 is 0 Å². The van der Waals surface area contributed by atoms with E-state index in [-0.39, 0.29) is 6.10 Å². The minimum Gasteiger partial charge on any atom is -0.388 e. The van der Waals surface area contributed by atoms with Crippen molar-refractivity contribution in [3.8, 4) is 0 Å². The lowest BCUT2D eigenvalue weighted by atomic mass is 9.78. The molecule has 2 nitrogen and oxygen atoms in total. The molecule has 0 amide bonds. The molecule has 1 aromatic carbocycles. The Balaban J connectivity index is 1.56. The summed E-state index contributed by atoms with van der Waals surface area (Å²) in [6, 6.07) is 8.86. The van der Waals surface area contributed by atoms with Gasteiger partial charge in [-0.15, -0.1) is 0 Å². The summed E-state index contributed by atoms with van der Waals surface area (Å²) in [7, 11) is 0. The van der Waals surface area contributed by atoms with Crippen molar-refractivity contribution < 1.29 is 5.11 Å². The third-order valence-corrected chi connectivity index (χ3v) is 5.77. The largest absolute Gasteiger partial charge is 0.388 e. The normalized spacial score (nSPS) is 28.1. The van der Waals surface area contributed by atoms with E-state index in [0.29, 0.717) is 0 Å². The molecule has 21 heavy (non-hydrogen) atoms. The molecule has 2 fully saturated rings. The van der Waals surface area contributed by atoms with Gasteiger partial charge in [0.1, 0.15) is 0 Å². The number of halogens is 1. The molecule has 3 rings (SSSR count). The van der Waals surface area contributed by atoms with E-state index in [4.69, 9.17) is 0 Å². The van der Waals surface area contributed by atoms with Crippen molar-refractivity contribution in [1.29, 1.82) is 0 Å². The topological polar surface area (TPSA) is 23.5 Å². The van der Waals surface area contributed by atoms with Crippen LogP contribution in [0.1, 0.15) is 56.6 Å². The highest BCUT2D eigenvalue weighted by atomic mass is 79.9. The maximum absolute atomic E-state index is 10.4. The highest BCUT2D eigenvalue weighted by Gasteiger charge is 2.32. The van der Waals surface area contributed by atoms with E-state index in [1.165, 1.54) is 45.1 Å². The van der Waals surface area contributed by atoms with Gasteiger partial charge in [-0.2, -0.15) is 0 Å². The summed E-state index contributed by atoms with van der Waals surface area (Å²) in [5, 5.41) is 10.4. The summed E-state index contributed by atoms with van der Waals surface area (Å²) in [4.78, 5) is 2.66. The van der Waals surface area contributed by atoms with E-state index in [9.17, 15) is 5.11 Å². The lowest BCUT2D eigenvalue weighted by Gasteiger charge is -2.44. The second kappa shape index (κ2) is 7.26. The van der Waals surface area contributed by atoms with Crippen LogP contribution in [0.2, 0.25) is 0 Å². The number of hydrogen-bond donors (Lipinski definition) is 1. The Morgan fingerprint density at radius 3 is 2.86 bits per heavy atom. The molecule has 1 heterocycles. The van der Waals surface area contributed by atoms with Crippen LogP contribution in [0.4, 0.5) is 0 Å². The molecule has 3 heteroatoms. The van der Waals surface area contributed by atoms with Crippen LogP contribution in [0.5, 0.6) is 0 Å². The van der Waals surface area contributed by atoms with Crippen molar-refractivity contribution in [1.82, 2.24) is 4.90 Å². The SMILES string of the molecule is OC(CCN1CCC[C@H]2CCCC[C@H]21)c1cccc(Br)c1. The van der Waals surface area contributed by atoms with Gasteiger partial charge < -0.3 is 10.0 Å². The smallest absolute Gasteiger partial charge is 0.0802 e. The molecule has 1 aromatic rings. The number of hydrogen-bond acceptors (Lipinski definition) is 2. The molecular weight excluding hydrogens is 326 g/mol. The van der Waals surface area contributed by atoms with E-state index in [2.05, 4.69) is 20.8 Å². The Morgan fingerprint density at radius 2 is 2.00 bits per heavy atom. The zero-order valence-electron chi connectivity index (χ0n) is 12.7. The fourth-order valence-corrected chi connectivity index (χ4v) is 4.59. The second-order valence-electron chi connectivity index (χ2n) is 6.65. The number of fused-ring (bicyclic) bond motifs is 1. The van der Waals surface area contributed by atoms with E-state index in [1.807, 2.05) is 24.3 Å². The Labute approximate surface area is 136 Å². The number of benzene rings is 1. The van der Waals surface area contributed by atoms with Crippen LogP contribution in [0, 0.1) is 5.92 Å². The molecule has 1 saturated carbocycles. The molecule has 1 saturated heterocycles. The van der Waals surface area contributed by atoms with Gasteiger partial charge in [-0.3, -0.25) is 0 Å². The van der Waals surface area contributed by atoms with Gasteiger partial charge in [0.15, 0.2) is 0 Å². The third kappa shape index (κ3) is 3.88. The summed E-state index contributed by atoms with van der Waals surface area (Å²) in [5.74, 6) is 0.926. The summed E-state index contributed by atoms with van der Waals surface area (Å²) in [5.41, 5.74) is 1.03. The average molecular weight is 352 g/mol. The van der Waals surface area contributed by atoms with Crippen molar-refractivity contribution in [2.75, 3.05) is 13.1 Å². The summed E-state index contributed by atoms with van der Waals surface area (Å²) >= 11 is 3.48. The first-order valence-electron chi connectivity index (χ1n) is 8.41. The molecule has 3 atom stereocenters. The molecule has 1 aliphatic carbocycles. The standard InChI is InChI=1S/C18H26BrNO/c19-16-8-3-6-15(13-16)18(21)10-12-20-11-4-7-14-5-1-2-9-17(14)20/h3,6,8,13-14,17-18,21H,1-2,4-5,7,9-12H2/t14-,17-,18?/m1/s1. The molecule has 0 spiro atoms. The molecule has 1 N–H and O–H groups in total. The molecule has 0 bridgehead atoms. The fraction of sp³-hybridized carbons (Fsp3) is 0.667. The number of nitrogens with zero attached hydrogens (tertiary/aromatic N) is 1. The van der Waals surface area contributed by atoms with E-state index >= 15 is 0 Å². The van der Waals surface area contributed by atoms with Crippen molar-refractivity contribution in [2.45, 2.75) is 57.1 Å². The zero-order chi connectivity index (χ0) is 14.7. The molecule has 116 valence electrons. The molecule has 1 unspecified atom stereocenters. The summed E-state index contributed by atoms with van der Waals surface area (Å²) in [6.45, 7) is 2.27. The lowest BCUT2D eigenvalue weighted by Crippen LogP contribution is -2.47. The maximum atomic E-state index is 10.4. The monoisotopic (exact) mass is 351 g/mol. The zero-order valence-corrected chi connectivity index (χ0v) is 14.3. The first-order valence-corrected chi connectivity index (χ1v) is 9.21. The van der Waals surface area contributed by atoms with Crippen LogP contribution in [-0.4, -0.2) is 29.1 Å². The van der Waals surface area contributed by atoms with Crippen LogP contribution >= 0.6 is 15.9 Å². The van der Waals surface area contributed by atoms with Crippen LogP contribution in [0.3, 0.4) is 0 Å². The molecule has 1 aliphatic heterocycles. The van der Waals surface area contributed by atoms with Gasteiger partial charge in [-0.05, 0) is 62.3 Å². The van der Waals surface area contributed by atoms with Crippen molar-refractivity contribution in [3.05, 3.63) is 34.3 Å². The van der Waals surface area contributed by atoms with Gasteiger partial charge in [0.2, 0.25) is 0 Å². The Kier molecular flexibility index (Phi) is 5.36. The molecular formula is C18H26BrNO. The Bertz CT molecular complexity index is 462. The Hall–Kier alpha value is -0.380. The van der Waals surface area contributed by atoms with Crippen LogP contribution in [0.25, 0.3) is 0 Å². The van der Waals surface area contributed by atoms with Gasteiger partial charge in [-0.1, -0.05) is 40.9 Å². The number of piperidine rings is 1. The first kappa shape index (κ1) is 15.5. The van der Waals surface area contributed by atoms with Crippen LogP contribution in [-0.2, 0) is 0 Å². The van der Waals surface area contributed by atoms with Gasteiger partial charge in [-0.25, -0.2) is 0 Å². The van der Waals surface area contributed by atoms with Gasteiger partial charge in [0.25, 0.3) is 0 Å². The fourth-order valence-electron chi connectivity index (χ4n) is 4.17. The number of likely N-dealkylation sites (tertiary alicyclic amines) is 1. The van der Waals surface area contributed by atoms with E-state index in [1.54, 1.807) is 0 Å². The number of aliphatic hydroxyl groups excluding tert-OH is 1. The van der Waals surface area contributed by atoms with Crippen LogP contribution < -0.4 is 0 Å². The Morgan fingerprint density at radius 1 is 1.19 bits per heavy atom. The molecule has 2 aliphatic rings. The first-order chi connectivity index (χ1) is 10.2. The maximum Gasteiger partial charge on any atom is 0.0802 e. The minimum atomic E-state index is -0.341. The number of aliphatic hydroxyl groups is 1. The predicted molar refractivity (Wildman–Crippen MR) is 90.3 cm³/mol. The quantitative estimate of drug-likeness (QED) is 0.861. The average Bonchev–Trinajstić information content (AvgIpc) is 2.52. The molecule has 0 radical (unpaired) electrons. The van der Waals surface area contributed by atoms with Crippen molar-refractivity contribution in [2.24, 2.45) is 5.92 Å². The van der Waals surface area contributed by atoms with Crippen LogP contribution in [0.15, 0.2) is 28.7 Å². The van der Waals surface area contributed by atoms with Gasteiger partial charge in [0, 0.05) is 17.1 Å². The highest BCUT2D eigenvalue weighted by molar-refractivity contribution is 9.10. The predicted octanol–water partition coefficient (Wildman–Crippen LogP) is 4.53. The lowest BCUT2D eigenvalue weighted by molar-refractivity contribution is 0.0456. The second-order valence-corrected chi connectivity index (χ2v) is 7.57. The van der Waals surface area contributed by atoms with Crippen molar-refractivity contribution >= 4 is 15.9 Å². The van der Waals surface area contributed by atoms with Gasteiger partial charge in [0.05, 0.1) is 6.10 Å². The highest BCUT2D eigenvalue weighted by Crippen LogP contribution is 2.35. The summed E-state index contributed by atoms with van der Waals surface area (Å²) in [6.07, 6.45) is 8.89. The van der Waals surface area contributed by atoms with E-state index < -0.39 is 0 Å². The van der Waals surface area contributed by atoms with E-state index in [0.717, 1.165) is 35.0 Å². The summed E-state index contributed by atoms with van der Waals surface area (Å²) < 4.78 is 1.05. The molecule has 0 aromatic heterocycles. The third-order valence-electron chi connectivity index (χ3n) is 5.28. The minimum absolute atomic E-state index is 0.341.